The van der Waals surface area contributed by atoms with Gasteiger partial charge in [-0.2, -0.15) is 0 Å². The molecule has 3 rings (SSSR count). The van der Waals surface area contributed by atoms with Crippen LogP contribution in [0, 0.1) is 0 Å². The summed E-state index contributed by atoms with van der Waals surface area (Å²) >= 11 is 0. The fourth-order valence-corrected chi connectivity index (χ4v) is 6.21. The number of hydrogen-bond acceptors (Lipinski definition) is 3. The molecule has 2 saturated carbocycles. The van der Waals surface area contributed by atoms with E-state index in [4.69, 9.17) is 0 Å². The zero-order valence-corrected chi connectivity index (χ0v) is 13.2. The minimum Gasteiger partial charge on any atom is -0.311 e. The van der Waals surface area contributed by atoms with Gasteiger partial charge in [0.2, 0.25) is 10.0 Å². The minimum absolute atomic E-state index is 0.125. The summed E-state index contributed by atoms with van der Waals surface area (Å²) in [5.41, 5.74) is 0.222. The summed E-state index contributed by atoms with van der Waals surface area (Å²) in [5.74, 6) is 0. The third-order valence-electron chi connectivity index (χ3n) is 5.51. The van der Waals surface area contributed by atoms with Gasteiger partial charge in [-0.15, -0.1) is 0 Å². The van der Waals surface area contributed by atoms with Crippen LogP contribution in [0.2, 0.25) is 0 Å². The Hall–Kier alpha value is -0.130. The van der Waals surface area contributed by atoms with Crippen LogP contribution in [0.15, 0.2) is 0 Å². The van der Waals surface area contributed by atoms with Gasteiger partial charge in [0.1, 0.15) is 0 Å². The first-order chi connectivity index (χ1) is 9.60. The maximum Gasteiger partial charge on any atom is 0.214 e. The molecular formula is C15H28N2O2S. The van der Waals surface area contributed by atoms with Gasteiger partial charge in [0, 0.05) is 11.6 Å². The van der Waals surface area contributed by atoms with E-state index in [1.165, 1.54) is 32.1 Å². The summed E-state index contributed by atoms with van der Waals surface area (Å²) in [6.07, 6.45) is 12.1. The van der Waals surface area contributed by atoms with E-state index >= 15 is 0 Å². The molecule has 1 aliphatic heterocycles. The van der Waals surface area contributed by atoms with E-state index < -0.39 is 10.0 Å². The number of sulfonamides is 1. The molecule has 0 aromatic carbocycles. The molecule has 1 spiro atoms. The first-order valence-corrected chi connectivity index (χ1v) is 9.91. The normalized spacial score (nSPS) is 31.7. The lowest BCUT2D eigenvalue weighted by molar-refractivity contribution is 0.165. The van der Waals surface area contributed by atoms with E-state index in [9.17, 15) is 8.42 Å². The van der Waals surface area contributed by atoms with E-state index in [2.05, 4.69) is 10.0 Å². The average molecular weight is 300 g/mol. The second-order valence-corrected chi connectivity index (χ2v) is 9.02. The van der Waals surface area contributed by atoms with Crippen molar-refractivity contribution in [3.05, 3.63) is 0 Å². The molecule has 3 aliphatic rings. The Bertz CT molecular complexity index is 418. The SMILES string of the molecule is O=S(=O)(NC1CCNC2(CCCCC2)C1)C1CCCC1. The van der Waals surface area contributed by atoms with E-state index in [1.54, 1.807) is 0 Å². The van der Waals surface area contributed by atoms with Gasteiger partial charge in [0.15, 0.2) is 0 Å². The molecule has 1 atom stereocenters. The monoisotopic (exact) mass is 300 g/mol. The maximum absolute atomic E-state index is 12.4. The summed E-state index contributed by atoms with van der Waals surface area (Å²) in [5, 5.41) is 3.56. The predicted octanol–water partition coefficient (Wildman–Crippen LogP) is 2.30. The van der Waals surface area contributed by atoms with E-state index in [-0.39, 0.29) is 16.8 Å². The van der Waals surface area contributed by atoms with Gasteiger partial charge < -0.3 is 5.32 Å². The van der Waals surface area contributed by atoms with Crippen LogP contribution in [0.5, 0.6) is 0 Å². The molecule has 20 heavy (non-hydrogen) atoms. The third-order valence-corrected chi connectivity index (χ3v) is 7.52. The second kappa shape index (κ2) is 5.93. The molecule has 4 nitrogen and oxygen atoms in total. The highest BCUT2D eigenvalue weighted by Crippen LogP contribution is 2.35. The molecule has 1 heterocycles. The minimum atomic E-state index is -3.09. The lowest BCUT2D eigenvalue weighted by Gasteiger charge is -2.44. The van der Waals surface area contributed by atoms with Crippen LogP contribution in [0.3, 0.4) is 0 Å². The van der Waals surface area contributed by atoms with Gasteiger partial charge in [0.25, 0.3) is 0 Å². The summed E-state index contributed by atoms with van der Waals surface area (Å²) in [7, 11) is -3.09. The molecule has 3 fully saturated rings. The third kappa shape index (κ3) is 3.20. The lowest BCUT2D eigenvalue weighted by Crippen LogP contribution is -2.57. The van der Waals surface area contributed by atoms with E-state index in [0.717, 1.165) is 45.1 Å². The van der Waals surface area contributed by atoms with Crippen molar-refractivity contribution in [2.45, 2.75) is 87.5 Å². The number of rotatable bonds is 3. The van der Waals surface area contributed by atoms with Crippen LogP contribution < -0.4 is 10.0 Å². The molecule has 1 saturated heterocycles. The van der Waals surface area contributed by atoms with E-state index in [1.807, 2.05) is 0 Å². The average Bonchev–Trinajstić information content (AvgIpc) is 2.94. The first-order valence-electron chi connectivity index (χ1n) is 8.36. The second-order valence-electron chi connectivity index (χ2n) is 7.03. The van der Waals surface area contributed by atoms with Crippen LogP contribution in [-0.2, 0) is 10.0 Å². The Morgan fingerprint density at radius 1 is 0.950 bits per heavy atom. The van der Waals surface area contributed by atoms with Gasteiger partial charge in [-0.3, -0.25) is 0 Å². The zero-order valence-electron chi connectivity index (χ0n) is 12.4. The topological polar surface area (TPSA) is 58.2 Å². The summed E-state index contributed by atoms with van der Waals surface area (Å²) in [4.78, 5) is 0. The molecule has 0 radical (unpaired) electrons. The fraction of sp³-hybridized carbons (Fsp3) is 1.00. The molecule has 2 aliphatic carbocycles. The molecular weight excluding hydrogens is 272 g/mol. The van der Waals surface area contributed by atoms with Crippen molar-refractivity contribution in [2.75, 3.05) is 6.54 Å². The summed E-state index contributed by atoms with van der Waals surface area (Å²) in [6.45, 7) is 0.956. The Labute approximate surface area is 123 Å². The smallest absolute Gasteiger partial charge is 0.214 e. The van der Waals surface area contributed by atoms with Crippen LogP contribution in [0.4, 0.5) is 0 Å². The highest BCUT2D eigenvalue weighted by atomic mass is 32.2. The molecule has 1 unspecified atom stereocenters. The quantitative estimate of drug-likeness (QED) is 0.841. The fourth-order valence-electron chi connectivity index (χ4n) is 4.39. The van der Waals surface area contributed by atoms with Gasteiger partial charge in [-0.05, 0) is 45.1 Å². The van der Waals surface area contributed by atoms with Gasteiger partial charge in [-0.1, -0.05) is 32.1 Å². The van der Waals surface area contributed by atoms with Crippen LogP contribution in [-0.4, -0.2) is 31.8 Å². The van der Waals surface area contributed by atoms with Crippen molar-refractivity contribution >= 4 is 10.0 Å². The molecule has 0 aromatic heterocycles. The molecule has 2 N–H and O–H groups in total. The predicted molar refractivity (Wildman–Crippen MR) is 81.2 cm³/mol. The van der Waals surface area contributed by atoms with Crippen molar-refractivity contribution < 1.29 is 8.42 Å². The Kier molecular flexibility index (Phi) is 4.39. The number of hydrogen-bond donors (Lipinski definition) is 2. The Balaban J connectivity index is 1.62. The van der Waals surface area contributed by atoms with E-state index in [0.29, 0.717) is 0 Å². The molecule has 0 bridgehead atoms. The Morgan fingerprint density at radius 3 is 2.35 bits per heavy atom. The molecule has 5 heteroatoms. The van der Waals surface area contributed by atoms with Gasteiger partial charge in [-0.25, -0.2) is 13.1 Å². The molecule has 116 valence electrons. The number of piperidine rings is 1. The zero-order chi connectivity index (χ0) is 14.1. The first kappa shape index (κ1) is 14.8. The summed E-state index contributed by atoms with van der Waals surface area (Å²) in [6, 6.07) is 0.153. The van der Waals surface area contributed by atoms with Crippen LogP contribution in [0.25, 0.3) is 0 Å². The number of nitrogens with one attached hydrogen (secondary N) is 2. The van der Waals surface area contributed by atoms with Crippen LogP contribution in [0.1, 0.15) is 70.6 Å². The maximum atomic E-state index is 12.4. The Morgan fingerprint density at radius 2 is 1.65 bits per heavy atom. The van der Waals surface area contributed by atoms with Gasteiger partial charge >= 0.3 is 0 Å². The van der Waals surface area contributed by atoms with Crippen molar-refractivity contribution in [3.63, 3.8) is 0 Å². The largest absolute Gasteiger partial charge is 0.311 e. The lowest BCUT2D eigenvalue weighted by atomic mass is 9.75. The van der Waals surface area contributed by atoms with Crippen molar-refractivity contribution in [2.24, 2.45) is 0 Å². The molecule has 0 aromatic rings. The van der Waals surface area contributed by atoms with Crippen LogP contribution >= 0.6 is 0 Å². The summed E-state index contributed by atoms with van der Waals surface area (Å²) < 4.78 is 27.9. The van der Waals surface area contributed by atoms with Crippen molar-refractivity contribution in [1.82, 2.24) is 10.0 Å². The van der Waals surface area contributed by atoms with Crippen molar-refractivity contribution in [3.8, 4) is 0 Å². The van der Waals surface area contributed by atoms with Gasteiger partial charge in [0.05, 0.1) is 5.25 Å². The van der Waals surface area contributed by atoms with Crippen molar-refractivity contribution in [1.29, 1.82) is 0 Å². The highest BCUT2D eigenvalue weighted by Gasteiger charge is 2.39. The molecule has 0 amide bonds. The highest BCUT2D eigenvalue weighted by molar-refractivity contribution is 7.90. The standard InChI is InChI=1S/C15H28N2O2S/c18-20(19,14-6-2-3-7-14)17-13-8-11-16-15(12-13)9-4-1-5-10-15/h13-14,16-17H,1-12H2.